The molecule has 0 fully saturated rings. The highest BCUT2D eigenvalue weighted by molar-refractivity contribution is 6.05. The Morgan fingerprint density at radius 3 is 2.67 bits per heavy atom. The van der Waals surface area contributed by atoms with Crippen LogP contribution in [0.4, 0.5) is 11.4 Å². The zero-order chi connectivity index (χ0) is 21.3. The summed E-state index contributed by atoms with van der Waals surface area (Å²) in [5.74, 6) is 1.53. The molecule has 0 saturated carbocycles. The molecule has 1 unspecified atom stereocenters. The smallest absolute Gasteiger partial charge is 0.348 e. The molecule has 1 aliphatic rings. The van der Waals surface area contributed by atoms with Crippen LogP contribution in [0.2, 0.25) is 0 Å². The van der Waals surface area contributed by atoms with E-state index in [1.54, 1.807) is 21.1 Å². The molecule has 1 aliphatic heterocycles. The maximum atomic E-state index is 12.6. The summed E-state index contributed by atoms with van der Waals surface area (Å²) in [6, 6.07) is 14.2. The number of methoxy groups -OCH3 is 2. The van der Waals surface area contributed by atoms with E-state index in [1.165, 1.54) is 6.07 Å². The number of rotatable bonds is 4. The maximum absolute atomic E-state index is 12.6. The molecule has 4 rings (SSSR count). The van der Waals surface area contributed by atoms with Crippen LogP contribution in [0.5, 0.6) is 17.2 Å². The summed E-state index contributed by atoms with van der Waals surface area (Å²) in [5, 5.41) is 14.0. The van der Waals surface area contributed by atoms with Gasteiger partial charge < -0.3 is 24.3 Å². The van der Waals surface area contributed by atoms with E-state index in [9.17, 15) is 9.90 Å². The van der Waals surface area contributed by atoms with Crippen LogP contribution >= 0.6 is 0 Å². The van der Waals surface area contributed by atoms with Crippen molar-refractivity contribution in [2.75, 3.05) is 19.5 Å². The van der Waals surface area contributed by atoms with Gasteiger partial charge in [-0.3, -0.25) is 4.99 Å². The van der Waals surface area contributed by atoms with E-state index in [1.807, 2.05) is 42.5 Å². The summed E-state index contributed by atoms with van der Waals surface area (Å²) in [7, 11) is 3.20. The molecule has 3 aromatic rings. The first-order chi connectivity index (χ1) is 14.5. The Bertz CT molecular complexity index is 1180. The van der Waals surface area contributed by atoms with Crippen molar-refractivity contribution in [2.24, 2.45) is 4.99 Å². The maximum Gasteiger partial charge on any atom is 0.348 e. The second kappa shape index (κ2) is 7.94. The van der Waals surface area contributed by atoms with Crippen LogP contribution < -0.4 is 20.4 Å². The molecule has 154 valence electrons. The molecule has 30 heavy (non-hydrogen) atoms. The van der Waals surface area contributed by atoms with Crippen LogP contribution in [0.25, 0.3) is 0 Å². The Balaban J connectivity index is 1.89. The van der Waals surface area contributed by atoms with Gasteiger partial charge in [-0.1, -0.05) is 12.1 Å². The third-order valence-electron chi connectivity index (χ3n) is 5.04. The number of ether oxygens (including phenoxy) is 2. The van der Waals surface area contributed by atoms with Gasteiger partial charge >= 0.3 is 5.63 Å². The number of benzene rings is 2. The van der Waals surface area contributed by atoms with Crippen LogP contribution in [0.1, 0.15) is 29.3 Å². The van der Waals surface area contributed by atoms with Crippen LogP contribution in [0.15, 0.2) is 62.7 Å². The van der Waals surface area contributed by atoms with E-state index in [0.717, 1.165) is 11.3 Å². The van der Waals surface area contributed by atoms with Gasteiger partial charge in [0.1, 0.15) is 28.6 Å². The van der Waals surface area contributed by atoms with E-state index < -0.39 is 5.63 Å². The Morgan fingerprint density at radius 1 is 1.13 bits per heavy atom. The van der Waals surface area contributed by atoms with E-state index in [-0.39, 0.29) is 17.4 Å². The largest absolute Gasteiger partial charge is 0.507 e. The number of fused-ring (bicyclic) bond motifs is 1. The lowest BCUT2D eigenvalue weighted by Crippen LogP contribution is -2.20. The number of aryl methyl sites for hydroxylation is 1. The SMILES string of the molecule is COc1ccc(OC)c(C2CC(c3c(O)cc(C)oc3=O)=Nc3ccccc3N2)c1. The van der Waals surface area contributed by atoms with Gasteiger partial charge in [0.05, 0.1) is 37.3 Å². The minimum absolute atomic E-state index is 0.0611. The highest BCUT2D eigenvalue weighted by Gasteiger charge is 2.27. The second-order valence-corrected chi connectivity index (χ2v) is 6.99. The van der Waals surface area contributed by atoms with Crippen LogP contribution in [-0.2, 0) is 0 Å². The molecule has 0 amide bonds. The van der Waals surface area contributed by atoms with Gasteiger partial charge in [-0.2, -0.15) is 0 Å². The first-order valence-electron chi connectivity index (χ1n) is 9.49. The van der Waals surface area contributed by atoms with Gasteiger partial charge in [-0.25, -0.2) is 4.79 Å². The average molecular weight is 406 g/mol. The molecular formula is C23H22N2O5. The van der Waals surface area contributed by atoms with Crippen molar-refractivity contribution in [2.45, 2.75) is 19.4 Å². The number of anilines is 1. The fourth-order valence-electron chi connectivity index (χ4n) is 3.64. The summed E-state index contributed by atoms with van der Waals surface area (Å²) < 4.78 is 16.2. The molecule has 1 atom stereocenters. The average Bonchev–Trinajstić information content (AvgIpc) is 2.92. The lowest BCUT2D eigenvalue weighted by molar-refractivity contribution is 0.396. The molecule has 2 aromatic carbocycles. The summed E-state index contributed by atoms with van der Waals surface area (Å²) >= 11 is 0. The van der Waals surface area contributed by atoms with Crippen molar-refractivity contribution in [3.05, 3.63) is 75.8 Å². The first-order valence-corrected chi connectivity index (χ1v) is 9.49. The number of nitrogens with one attached hydrogen (secondary N) is 1. The standard InChI is InChI=1S/C23H22N2O5/c1-13-10-20(26)22(23(27)30-13)19-12-18(24-16-6-4-5-7-17(16)25-19)15-11-14(28-2)8-9-21(15)29-3/h4-11,18,24,26H,12H2,1-3H3. The van der Waals surface area contributed by atoms with Crippen molar-refractivity contribution in [1.29, 1.82) is 0 Å². The molecule has 7 nitrogen and oxygen atoms in total. The third kappa shape index (κ3) is 3.61. The van der Waals surface area contributed by atoms with Crippen molar-refractivity contribution in [3.63, 3.8) is 0 Å². The Morgan fingerprint density at radius 2 is 1.93 bits per heavy atom. The minimum atomic E-state index is -0.623. The number of aliphatic imine (C=N–C) groups is 1. The Hall–Kier alpha value is -3.74. The molecule has 2 heterocycles. The molecule has 7 heteroatoms. The predicted molar refractivity (Wildman–Crippen MR) is 115 cm³/mol. The van der Waals surface area contributed by atoms with Crippen molar-refractivity contribution in [3.8, 4) is 17.2 Å². The van der Waals surface area contributed by atoms with Crippen molar-refractivity contribution >= 4 is 17.1 Å². The molecule has 0 aliphatic carbocycles. The van der Waals surface area contributed by atoms with E-state index in [4.69, 9.17) is 18.9 Å². The van der Waals surface area contributed by atoms with E-state index in [0.29, 0.717) is 35.1 Å². The molecule has 2 N–H and O–H groups in total. The first kappa shape index (κ1) is 19.6. The van der Waals surface area contributed by atoms with Gasteiger partial charge in [0.25, 0.3) is 0 Å². The van der Waals surface area contributed by atoms with Crippen molar-refractivity contribution in [1.82, 2.24) is 0 Å². The molecule has 0 saturated heterocycles. The number of aromatic hydroxyl groups is 1. The van der Waals surface area contributed by atoms with Crippen molar-refractivity contribution < 1.29 is 19.0 Å². The van der Waals surface area contributed by atoms with Crippen LogP contribution in [-0.4, -0.2) is 25.0 Å². The Kier molecular flexibility index (Phi) is 5.18. The second-order valence-electron chi connectivity index (χ2n) is 6.99. The third-order valence-corrected chi connectivity index (χ3v) is 5.04. The normalized spacial score (nSPS) is 15.4. The fraction of sp³-hybridized carbons (Fsp3) is 0.217. The molecule has 0 radical (unpaired) electrons. The van der Waals surface area contributed by atoms with Crippen LogP contribution in [0, 0.1) is 6.92 Å². The molecule has 1 aromatic heterocycles. The summed E-state index contributed by atoms with van der Waals surface area (Å²) in [4.78, 5) is 17.3. The lowest BCUT2D eigenvalue weighted by atomic mass is 9.96. The van der Waals surface area contributed by atoms with Gasteiger partial charge in [-0.05, 0) is 37.3 Å². The molecule has 0 spiro atoms. The van der Waals surface area contributed by atoms with Crippen LogP contribution in [0.3, 0.4) is 0 Å². The zero-order valence-corrected chi connectivity index (χ0v) is 16.9. The zero-order valence-electron chi connectivity index (χ0n) is 16.9. The monoisotopic (exact) mass is 406 g/mol. The summed E-state index contributed by atoms with van der Waals surface area (Å²) in [6.07, 6.45) is 0.319. The predicted octanol–water partition coefficient (Wildman–Crippen LogP) is 4.35. The highest BCUT2D eigenvalue weighted by atomic mass is 16.5. The fourth-order valence-corrected chi connectivity index (χ4v) is 3.64. The minimum Gasteiger partial charge on any atom is -0.507 e. The van der Waals surface area contributed by atoms with Gasteiger partial charge in [-0.15, -0.1) is 0 Å². The molecule has 0 bridgehead atoms. The van der Waals surface area contributed by atoms with Gasteiger partial charge in [0.15, 0.2) is 0 Å². The lowest BCUT2D eigenvalue weighted by Gasteiger charge is -2.22. The van der Waals surface area contributed by atoms with Gasteiger partial charge in [0, 0.05) is 18.1 Å². The van der Waals surface area contributed by atoms with Gasteiger partial charge in [0.2, 0.25) is 0 Å². The number of para-hydroxylation sites is 2. The van der Waals surface area contributed by atoms with E-state index >= 15 is 0 Å². The summed E-state index contributed by atoms with van der Waals surface area (Å²) in [5.41, 5.74) is 2.17. The number of hydrogen-bond acceptors (Lipinski definition) is 7. The summed E-state index contributed by atoms with van der Waals surface area (Å²) in [6.45, 7) is 1.61. The topological polar surface area (TPSA) is 93.3 Å². The highest BCUT2D eigenvalue weighted by Crippen LogP contribution is 2.39. The number of nitrogens with zero attached hydrogens (tertiary/aromatic N) is 1. The molecular weight excluding hydrogens is 384 g/mol. The quantitative estimate of drug-likeness (QED) is 0.669. The van der Waals surface area contributed by atoms with E-state index in [2.05, 4.69) is 5.32 Å². The number of hydrogen-bond donors (Lipinski definition) is 2. The Labute approximate surface area is 173 Å².